The summed E-state index contributed by atoms with van der Waals surface area (Å²) < 4.78 is 10.7. The Hall–Kier alpha value is -1.49. The van der Waals surface area contributed by atoms with Crippen LogP contribution in [0, 0.1) is 0 Å². The molecular weight excluding hydrogens is 487 g/mol. The maximum atomic E-state index is 12.1. The van der Waals surface area contributed by atoms with E-state index in [0.717, 1.165) is 0 Å². The number of amides is 1. The maximum Gasteiger partial charge on any atom is 0.410 e. The van der Waals surface area contributed by atoms with Gasteiger partial charge in [0.2, 0.25) is 0 Å². The molecule has 0 bridgehead atoms. The molecule has 168 valence electrons. The van der Waals surface area contributed by atoms with Crippen LogP contribution in [-0.4, -0.2) is 60.4 Å². The van der Waals surface area contributed by atoms with Crippen LogP contribution >= 0.6 is 24.0 Å². The van der Waals surface area contributed by atoms with Crippen LogP contribution in [0.25, 0.3) is 0 Å². The highest BCUT2D eigenvalue weighted by Gasteiger charge is 2.26. The summed E-state index contributed by atoms with van der Waals surface area (Å²) >= 11 is 0. The minimum Gasteiger partial charge on any atom is -0.466 e. The fourth-order valence-electron chi connectivity index (χ4n) is 2.34. The first kappa shape index (κ1) is 27.5. The standard InChI is InChI=1S/C20H36N4O4.HI/c1-8-21-17(23-14-20(6,26)16-10-9-13-27-16)22-12-11-15(2)24(7)18(25)28-19(3,4)5;/h9-10,13,15,26H,8,11-12,14H2,1-7H3,(H2,21,22,23);1H. The second-order valence-corrected chi connectivity index (χ2v) is 8.10. The number of carbonyl (C=O) groups is 1. The minimum atomic E-state index is -1.18. The van der Waals surface area contributed by atoms with Crippen LogP contribution in [-0.2, 0) is 10.3 Å². The Kier molecular flexibility index (Phi) is 11.6. The van der Waals surface area contributed by atoms with Gasteiger partial charge in [0.1, 0.15) is 17.0 Å². The number of carbonyl (C=O) groups excluding carboxylic acids is 1. The minimum absolute atomic E-state index is 0. The Morgan fingerprint density at radius 1 is 1.34 bits per heavy atom. The Labute approximate surface area is 191 Å². The molecule has 29 heavy (non-hydrogen) atoms. The molecule has 1 aromatic rings. The molecule has 1 rings (SSSR count). The van der Waals surface area contributed by atoms with Crippen LogP contribution in [0.4, 0.5) is 4.79 Å². The van der Waals surface area contributed by atoms with Gasteiger partial charge in [0.05, 0.1) is 12.8 Å². The summed E-state index contributed by atoms with van der Waals surface area (Å²) in [5, 5.41) is 16.9. The third-order valence-electron chi connectivity index (χ3n) is 4.14. The molecule has 9 heteroatoms. The summed E-state index contributed by atoms with van der Waals surface area (Å²) in [6.45, 7) is 12.6. The number of nitrogens with one attached hydrogen (secondary N) is 2. The van der Waals surface area contributed by atoms with Gasteiger partial charge in [-0.25, -0.2) is 9.79 Å². The van der Waals surface area contributed by atoms with Gasteiger partial charge in [-0.3, -0.25) is 0 Å². The fraction of sp³-hybridized carbons (Fsp3) is 0.700. The first-order chi connectivity index (χ1) is 13.0. The second-order valence-electron chi connectivity index (χ2n) is 8.10. The van der Waals surface area contributed by atoms with Crippen molar-refractivity contribution in [2.45, 2.75) is 65.2 Å². The zero-order chi connectivity index (χ0) is 21.4. The van der Waals surface area contributed by atoms with Crippen LogP contribution in [0.3, 0.4) is 0 Å². The molecule has 0 saturated carbocycles. The summed E-state index contributed by atoms with van der Waals surface area (Å²) in [6.07, 6.45) is 1.91. The van der Waals surface area contributed by atoms with Crippen molar-refractivity contribution < 1.29 is 19.1 Å². The fourth-order valence-corrected chi connectivity index (χ4v) is 2.34. The van der Waals surface area contributed by atoms with Gasteiger partial charge in [0.25, 0.3) is 0 Å². The average Bonchev–Trinajstić information content (AvgIpc) is 3.13. The monoisotopic (exact) mass is 524 g/mol. The number of rotatable bonds is 8. The van der Waals surface area contributed by atoms with Gasteiger partial charge in [-0.1, -0.05) is 0 Å². The number of ether oxygens (including phenoxy) is 1. The molecule has 2 unspecified atom stereocenters. The molecular formula is C20H37IN4O4. The highest BCUT2D eigenvalue weighted by atomic mass is 127. The molecule has 0 aliphatic rings. The molecule has 8 nitrogen and oxygen atoms in total. The number of nitrogens with zero attached hydrogens (tertiary/aromatic N) is 2. The predicted molar refractivity (Wildman–Crippen MR) is 126 cm³/mol. The number of aliphatic imine (C=N–C) groups is 1. The molecule has 0 saturated heterocycles. The quantitative estimate of drug-likeness (QED) is 0.274. The lowest BCUT2D eigenvalue weighted by Crippen LogP contribution is -2.43. The number of furan rings is 1. The summed E-state index contributed by atoms with van der Waals surface area (Å²) in [4.78, 5) is 18.2. The zero-order valence-corrected chi connectivity index (χ0v) is 20.9. The Morgan fingerprint density at radius 3 is 2.52 bits per heavy atom. The molecule has 0 aliphatic carbocycles. The van der Waals surface area contributed by atoms with E-state index in [9.17, 15) is 9.90 Å². The molecule has 3 N–H and O–H groups in total. The molecule has 0 aromatic carbocycles. The van der Waals surface area contributed by atoms with Crippen LogP contribution in [0.2, 0.25) is 0 Å². The Morgan fingerprint density at radius 2 is 2.00 bits per heavy atom. The molecule has 0 fully saturated rings. The average molecular weight is 524 g/mol. The molecule has 0 spiro atoms. The van der Waals surface area contributed by atoms with Gasteiger partial charge in [-0.2, -0.15) is 0 Å². The van der Waals surface area contributed by atoms with Crippen molar-refractivity contribution in [1.29, 1.82) is 0 Å². The van der Waals surface area contributed by atoms with Crippen molar-refractivity contribution in [3.63, 3.8) is 0 Å². The SMILES string of the molecule is CCNC(=NCC(C)(O)c1ccco1)NCCC(C)N(C)C(=O)OC(C)(C)C.I. The van der Waals surface area contributed by atoms with Crippen molar-refractivity contribution in [3.05, 3.63) is 24.2 Å². The van der Waals surface area contributed by atoms with E-state index in [4.69, 9.17) is 9.15 Å². The lowest BCUT2D eigenvalue weighted by Gasteiger charge is -2.29. The van der Waals surface area contributed by atoms with Gasteiger partial charge >= 0.3 is 6.09 Å². The third kappa shape index (κ3) is 10.2. The molecule has 0 aliphatic heterocycles. The molecule has 1 heterocycles. The van der Waals surface area contributed by atoms with E-state index in [2.05, 4.69) is 15.6 Å². The van der Waals surface area contributed by atoms with Crippen LogP contribution < -0.4 is 10.6 Å². The normalized spacial score (nSPS) is 15.0. The van der Waals surface area contributed by atoms with E-state index in [1.807, 2.05) is 34.6 Å². The molecule has 0 radical (unpaired) electrons. The Balaban J connectivity index is 0.00000784. The van der Waals surface area contributed by atoms with E-state index in [0.29, 0.717) is 31.2 Å². The highest BCUT2D eigenvalue weighted by Crippen LogP contribution is 2.21. The van der Waals surface area contributed by atoms with E-state index in [1.165, 1.54) is 6.26 Å². The van der Waals surface area contributed by atoms with E-state index < -0.39 is 11.2 Å². The third-order valence-corrected chi connectivity index (χ3v) is 4.14. The zero-order valence-electron chi connectivity index (χ0n) is 18.6. The molecule has 2 atom stereocenters. The van der Waals surface area contributed by atoms with Gasteiger partial charge in [0, 0.05) is 26.2 Å². The van der Waals surface area contributed by atoms with E-state index in [1.54, 1.807) is 31.0 Å². The van der Waals surface area contributed by atoms with Crippen LogP contribution in [0.5, 0.6) is 0 Å². The van der Waals surface area contributed by atoms with Crippen LogP contribution in [0.1, 0.15) is 53.7 Å². The van der Waals surface area contributed by atoms with Crippen molar-refractivity contribution in [3.8, 4) is 0 Å². The van der Waals surface area contributed by atoms with E-state index in [-0.39, 0.29) is 42.7 Å². The Bertz CT molecular complexity index is 627. The topological polar surface area (TPSA) is 99.3 Å². The smallest absolute Gasteiger partial charge is 0.410 e. The number of hydrogen-bond donors (Lipinski definition) is 3. The van der Waals surface area contributed by atoms with Gasteiger partial charge < -0.3 is 29.8 Å². The van der Waals surface area contributed by atoms with Crippen molar-refractivity contribution in [2.75, 3.05) is 26.7 Å². The number of hydrogen-bond acceptors (Lipinski definition) is 5. The van der Waals surface area contributed by atoms with Crippen molar-refractivity contribution >= 4 is 36.0 Å². The van der Waals surface area contributed by atoms with E-state index >= 15 is 0 Å². The molecule has 1 amide bonds. The van der Waals surface area contributed by atoms with Gasteiger partial charge in [-0.05, 0) is 60.1 Å². The predicted octanol–water partition coefficient (Wildman–Crippen LogP) is 3.31. The number of halogens is 1. The largest absolute Gasteiger partial charge is 0.466 e. The van der Waals surface area contributed by atoms with Crippen LogP contribution in [0.15, 0.2) is 27.8 Å². The first-order valence-corrected chi connectivity index (χ1v) is 9.70. The second kappa shape index (κ2) is 12.3. The number of aliphatic hydroxyl groups is 1. The lowest BCUT2D eigenvalue weighted by atomic mass is 10.0. The summed E-state index contributed by atoms with van der Waals surface area (Å²) in [5.74, 6) is 1.07. The first-order valence-electron chi connectivity index (χ1n) is 9.70. The summed E-state index contributed by atoms with van der Waals surface area (Å²) in [5.41, 5.74) is -1.70. The molecule has 1 aromatic heterocycles. The summed E-state index contributed by atoms with van der Waals surface area (Å²) in [7, 11) is 1.73. The number of guanidine groups is 1. The van der Waals surface area contributed by atoms with Crippen molar-refractivity contribution in [1.82, 2.24) is 15.5 Å². The highest BCUT2D eigenvalue weighted by molar-refractivity contribution is 14.0. The lowest BCUT2D eigenvalue weighted by molar-refractivity contribution is 0.0230. The van der Waals surface area contributed by atoms with Crippen molar-refractivity contribution in [2.24, 2.45) is 4.99 Å². The van der Waals surface area contributed by atoms with Gasteiger partial charge in [-0.15, -0.1) is 24.0 Å². The maximum absolute atomic E-state index is 12.1. The van der Waals surface area contributed by atoms with Gasteiger partial charge in [0.15, 0.2) is 5.96 Å². The summed E-state index contributed by atoms with van der Waals surface area (Å²) in [6, 6.07) is 3.46.